The molecule has 4 nitrogen and oxygen atoms in total. The van der Waals surface area contributed by atoms with Crippen molar-refractivity contribution < 1.29 is 4.79 Å². The molecule has 0 bridgehead atoms. The molecule has 0 radical (unpaired) electrons. The van der Waals surface area contributed by atoms with Gasteiger partial charge in [-0.05, 0) is 49.7 Å². The molecule has 0 aliphatic carbocycles. The third-order valence-corrected chi connectivity index (χ3v) is 3.29. The molecule has 1 aromatic carbocycles. The molecule has 0 fully saturated rings. The SMILES string of the molecule is CCCNC(C)c1cccc(NC(=O)c2ccncc2)c1. The van der Waals surface area contributed by atoms with Gasteiger partial charge in [-0.2, -0.15) is 0 Å². The smallest absolute Gasteiger partial charge is 0.255 e. The molecule has 4 heteroatoms. The molecular weight excluding hydrogens is 262 g/mol. The van der Waals surface area contributed by atoms with E-state index >= 15 is 0 Å². The molecule has 1 heterocycles. The summed E-state index contributed by atoms with van der Waals surface area (Å²) in [4.78, 5) is 16.0. The predicted octanol–water partition coefficient (Wildman–Crippen LogP) is 3.39. The topological polar surface area (TPSA) is 54.0 Å². The lowest BCUT2D eigenvalue weighted by molar-refractivity contribution is 0.102. The van der Waals surface area contributed by atoms with Crippen LogP contribution in [0.4, 0.5) is 5.69 Å². The number of nitrogens with one attached hydrogen (secondary N) is 2. The van der Waals surface area contributed by atoms with E-state index in [-0.39, 0.29) is 11.9 Å². The number of hydrogen-bond acceptors (Lipinski definition) is 3. The van der Waals surface area contributed by atoms with Crippen molar-refractivity contribution in [3.8, 4) is 0 Å². The molecule has 1 unspecified atom stereocenters. The van der Waals surface area contributed by atoms with Gasteiger partial charge in [-0.3, -0.25) is 9.78 Å². The summed E-state index contributed by atoms with van der Waals surface area (Å²) >= 11 is 0. The van der Waals surface area contributed by atoms with Gasteiger partial charge in [-0.15, -0.1) is 0 Å². The summed E-state index contributed by atoms with van der Waals surface area (Å²) in [6, 6.07) is 11.6. The monoisotopic (exact) mass is 283 g/mol. The highest BCUT2D eigenvalue weighted by Crippen LogP contribution is 2.18. The number of carbonyl (C=O) groups excluding carboxylic acids is 1. The van der Waals surface area contributed by atoms with Crippen LogP contribution in [0.3, 0.4) is 0 Å². The summed E-state index contributed by atoms with van der Waals surface area (Å²) in [7, 11) is 0. The Morgan fingerprint density at radius 1 is 1.24 bits per heavy atom. The molecule has 21 heavy (non-hydrogen) atoms. The van der Waals surface area contributed by atoms with E-state index in [0.717, 1.165) is 24.2 Å². The second-order valence-corrected chi connectivity index (χ2v) is 4.99. The lowest BCUT2D eigenvalue weighted by Gasteiger charge is -2.15. The first-order chi connectivity index (χ1) is 10.2. The molecule has 2 rings (SSSR count). The van der Waals surface area contributed by atoms with E-state index in [0.29, 0.717) is 5.56 Å². The van der Waals surface area contributed by atoms with Crippen LogP contribution in [-0.2, 0) is 0 Å². The van der Waals surface area contributed by atoms with Gasteiger partial charge in [0.2, 0.25) is 0 Å². The van der Waals surface area contributed by atoms with Crippen LogP contribution in [0.2, 0.25) is 0 Å². The van der Waals surface area contributed by atoms with E-state index in [4.69, 9.17) is 0 Å². The second kappa shape index (κ2) is 7.55. The number of pyridine rings is 1. The van der Waals surface area contributed by atoms with Gasteiger partial charge in [0.05, 0.1) is 0 Å². The minimum absolute atomic E-state index is 0.122. The predicted molar refractivity (Wildman–Crippen MR) is 85.3 cm³/mol. The number of amides is 1. The first kappa shape index (κ1) is 15.2. The average molecular weight is 283 g/mol. The number of hydrogen-bond donors (Lipinski definition) is 2. The fourth-order valence-corrected chi connectivity index (χ4v) is 2.07. The maximum absolute atomic E-state index is 12.1. The highest BCUT2D eigenvalue weighted by atomic mass is 16.1. The van der Waals surface area contributed by atoms with Gasteiger partial charge in [0.25, 0.3) is 5.91 Å². The van der Waals surface area contributed by atoms with Crippen LogP contribution in [0.1, 0.15) is 42.2 Å². The van der Waals surface area contributed by atoms with Crippen LogP contribution >= 0.6 is 0 Å². The van der Waals surface area contributed by atoms with Crippen molar-refractivity contribution in [2.24, 2.45) is 0 Å². The molecule has 0 aliphatic rings. The lowest BCUT2D eigenvalue weighted by Crippen LogP contribution is -2.19. The summed E-state index contributed by atoms with van der Waals surface area (Å²) in [6.07, 6.45) is 4.33. The first-order valence-electron chi connectivity index (χ1n) is 7.25. The van der Waals surface area contributed by atoms with Crippen molar-refractivity contribution in [1.29, 1.82) is 0 Å². The van der Waals surface area contributed by atoms with Gasteiger partial charge in [0, 0.05) is 29.7 Å². The fourth-order valence-electron chi connectivity index (χ4n) is 2.07. The molecule has 1 atom stereocenters. The minimum atomic E-state index is -0.122. The number of carbonyl (C=O) groups is 1. The van der Waals surface area contributed by atoms with Crippen LogP contribution in [0.5, 0.6) is 0 Å². The lowest BCUT2D eigenvalue weighted by atomic mass is 10.1. The summed E-state index contributed by atoms with van der Waals surface area (Å²) in [6.45, 7) is 5.25. The van der Waals surface area contributed by atoms with Gasteiger partial charge in [-0.1, -0.05) is 19.1 Å². The zero-order valence-corrected chi connectivity index (χ0v) is 12.5. The van der Waals surface area contributed by atoms with Crippen LogP contribution in [0, 0.1) is 0 Å². The van der Waals surface area contributed by atoms with Crippen LogP contribution in [0.25, 0.3) is 0 Å². The molecule has 0 saturated carbocycles. The highest BCUT2D eigenvalue weighted by Gasteiger charge is 2.08. The number of benzene rings is 1. The summed E-state index contributed by atoms with van der Waals surface area (Å²) in [5, 5.41) is 6.35. The summed E-state index contributed by atoms with van der Waals surface area (Å²) in [5.74, 6) is -0.122. The number of rotatable bonds is 6. The largest absolute Gasteiger partial charge is 0.322 e. The number of nitrogens with zero attached hydrogens (tertiary/aromatic N) is 1. The van der Waals surface area contributed by atoms with E-state index < -0.39 is 0 Å². The Bertz CT molecular complexity index is 584. The van der Waals surface area contributed by atoms with Crippen LogP contribution in [-0.4, -0.2) is 17.4 Å². The van der Waals surface area contributed by atoms with E-state index in [1.165, 1.54) is 0 Å². The number of anilines is 1. The molecule has 0 spiro atoms. The molecule has 2 N–H and O–H groups in total. The minimum Gasteiger partial charge on any atom is -0.322 e. The average Bonchev–Trinajstić information content (AvgIpc) is 2.53. The fraction of sp³-hybridized carbons (Fsp3) is 0.294. The third kappa shape index (κ3) is 4.39. The zero-order chi connectivity index (χ0) is 15.1. The molecule has 0 aliphatic heterocycles. The Morgan fingerprint density at radius 3 is 2.71 bits per heavy atom. The summed E-state index contributed by atoms with van der Waals surface area (Å²) < 4.78 is 0. The van der Waals surface area contributed by atoms with Crippen molar-refractivity contribution in [1.82, 2.24) is 10.3 Å². The van der Waals surface area contributed by atoms with Gasteiger partial charge < -0.3 is 10.6 Å². The van der Waals surface area contributed by atoms with Gasteiger partial charge in [0.1, 0.15) is 0 Å². The number of aromatic nitrogens is 1. The molecule has 1 amide bonds. The van der Waals surface area contributed by atoms with Gasteiger partial charge in [-0.25, -0.2) is 0 Å². The van der Waals surface area contributed by atoms with Crippen molar-refractivity contribution >= 4 is 11.6 Å². The first-order valence-corrected chi connectivity index (χ1v) is 7.25. The maximum atomic E-state index is 12.1. The highest BCUT2D eigenvalue weighted by molar-refractivity contribution is 6.04. The van der Waals surface area contributed by atoms with E-state index in [1.807, 2.05) is 18.2 Å². The van der Waals surface area contributed by atoms with Crippen molar-refractivity contribution in [2.75, 3.05) is 11.9 Å². The molecule has 110 valence electrons. The quantitative estimate of drug-likeness (QED) is 0.854. The second-order valence-electron chi connectivity index (χ2n) is 4.99. The van der Waals surface area contributed by atoms with Crippen molar-refractivity contribution in [3.63, 3.8) is 0 Å². The standard InChI is InChI=1S/C17H21N3O/c1-3-9-19-13(2)15-5-4-6-16(12-15)20-17(21)14-7-10-18-11-8-14/h4-8,10-13,19H,3,9H2,1-2H3,(H,20,21). The maximum Gasteiger partial charge on any atom is 0.255 e. The van der Waals surface area contributed by atoms with Crippen LogP contribution in [0.15, 0.2) is 48.8 Å². The Kier molecular flexibility index (Phi) is 5.46. The molecule has 0 saturated heterocycles. The van der Waals surface area contributed by atoms with E-state index in [9.17, 15) is 4.79 Å². The van der Waals surface area contributed by atoms with Gasteiger partial charge in [0.15, 0.2) is 0 Å². The summed E-state index contributed by atoms with van der Waals surface area (Å²) in [5.41, 5.74) is 2.57. The Balaban J connectivity index is 2.06. The Morgan fingerprint density at radius 2 is 2.00 bits per heavy atom. The Labute approximate surface area is 125 Å². The van der Waals surface area contributed by atoms with Crippen molar-refractivity contribution in [2.45, 2.75) is 26.3 Å². The van der Waals surface area contributed by atoms with Crippen LogP contribution < -0.4 is 10.6 Å². The van der Waals surface area contributed by atoms with E-state index in [1.54, 1.807) is 24.5 Å². The molecule has 1 aromatic heterocycles. The van der Waals surface area contributed by atoms with E-state index in [2.05, 4.69) is 35.5 Å². The van der Waals surface area contributed by atoms with Gasteiger partial charge >= 0.3 is 0 Å². The molecule has 2 aromatic rings. The molecular formula is C17H21N3O. The Hall–Kier alpha value is -2.20. The van der Waals surface area contributed by atoms with Crippen molar-refractivity contribution in [3.05, 3.63) is 59.9 Å². The zero-order valence-electron chi connectivity index (χ0n) is 12.5. The normalized spacial score (nSPS) is 11.9. The third-order valence-electron chi connectivity index (χ3n) is 3.29.